The minimum Gasteiger partial charge on any atom is -0.332 e. The summed E-state index contributed by atoms with van der Waals surface area (Å²) in [6.07, 6.45) is 2.57. The second kappa shape index (κ2) is 7.24. The molecule has 128 valence electrons. The number of hydrogen-bond donors (Lipinski definition) is 0. The number of allylic oxidation sites excluding steroid dienone is 1. The van der Waals surface area contributed by atoms with E-state index in [4.69, 9.17) is 0 Å². The van der Waals surface area contributed by atoms with Crippen molar-refractivity contribution in [2.45, 2.75) is 59.0 Å². The summed E-state index contributed by atoms with van der Waals surface area (Å²) in [5.41, 5.74) is -0.677. The zero-order valence-corrected chi connectivity index (χ0v) is 14.6. The third kappa shape index (κ3) is 3.98. The van der Waals surface area contributed by atoms with Crippen molar-refractivity contribution >= 4 is 5.91 Å². The average molecular weight is 323 g/mol. The molecule has 0 spiro atoms. The second-order valence-corrected chi connectivity index (χ2v) is 6.65. The molecule has 0 aromatic heterocycles. The van der Waals surface area contributed by atoms with Gasteiger partial charge in [-0.2, -0.15) is 0 Å². The molecule has 2 atom stereocenters. The molecule has 1 saturated heterocycles. The molecule has 1 amide bonds. The Morgan fingerprint density at radius 2 is 1.74 bits per heavy atom. The molecule has 2 rings (SSSR count). The predicted molar refractivity (Wildman–Crippen MR) is 90.4 cm³/mol. The summed E-state index contributed by atoms with van der Waals surface area (Å²) >= 11 is 0. The second-order valence-electron chi connectivity index (χ2n) is 6.65. The number of halogens is 2. The van der Waals surface area contributed by atoms with Crippen LogP contribution in [0.5, 0.6) is 0 Å². The molecule has 1 heterocycles. The van der Waals surface area contributed by atoms with Gasteiger partial charge in [0, 0.05) is 13.0 Å². The van der Waals surface area contributed by atoms with E-state index in [1.807, 2.05) is 44.2 Å². The highest BCUT2D eigenvalue weighted by atomic mass is 19.3. The number of rotatable bonds is 3. The quantitative estimate of drug-likeness (QED) is 0.698. The molecule has 23 heavy (non-hydrogen) atoms. The van der Waals surface area contributed by atoms with Gasteiger partial charge in [-0.3, -0.25) is 4.79 Å². The van der Waals surface area contributed by atoms with Crippen molar-refractivity contribution in [3.63, 3.8) is 0 Å². The van der Waals surface area contributed by atoms with E-state index in [9.17, 15) is 13.6 Å². The summed E-state index contributed by atoms with van der Waals surface area (Å²) in [7, 11) is 0. The molecular formula is C19H27F2NO. The molecule has 0 aliphatic carbocycles. The van der Waals surface area contributed by atoms with Gasteiger partial charge in [0.25, 0.3) is 5.92 Å². The van der Waals surface area contributed by atoms with E-state index in [2.05, 4.69) is 6.58 Å². The maximum absolute atomic E-state index is 13.7. The van der Waals surface area contributed by atoms with Crippen LogP contribution in [0.1, 0.15) is 52.6 Å². The van der Waals surface area contributed by atoms with E-state index < -0.39 is 17.2 Å². The summed E-state index contributed by atoms with van der Waals surface area (Å²) < 4.78 is 27.4. The highest BCUT2D eigenvalue weighted by Gasteiger charge is 2.54. The topological polar surface area (TPSA) is 20.3 Å². The molecule has 0 N–H and O–H groups in total. The van der Waals surface area contributed by atoms with Crippen molar-refractivity contribution < 1.29 is 13.6 Å². The first-order valence-electron chi connectivity index (χ1n) is 7.90. The van der Waals surface area contributed by atoms with Crippen LogP contribution < -0.4 is 0 Å². The monoisotopic (exact) mass is 323 g/mol. The number of alkyl halides is 2. The number of amides is 1. The van der Waals surface area contributed by atoms with Gasteiger partial charge in [0.15, 0.2) is 0 Å². The number of hydrogen-bond acceptors (Lipinski definition) is 1. The Morgan fingerprint density at radius 3 is 2.13 bits per heavy atom. The summed E-state index contributed by atoms with van der Waals surface area (Å²) in [5.74, 6) is -3.52. The van der Waals surface area contributed by atoms with Gasteiger partial charge in [0.1, 0.15) is 5.41 Å². The van der Waals surface area contributed by atoms with Gasteiger partial charge >= 0.3 is 0 Å². The van der Waals surface area contributed by atoms with E-state index in [0.717, 1.165) is 18.9 Å². The van der Waals surface area contributed by atoms with E-state index >= 15 is 0 Å². The van der Waals surface area contributed by atoms with Crippen LogP contribution in [0.3, 0.4) is 0 Å². The number of likely N-dealkylation sites (tertiary alicyclic amines) is 1. The summed E-state index contributed by atoms with van der Waals surface area (Å²) in [4.78, 5) is 14.1. The van der Waals surface area contributed by atoms with Gasteiger partial charge in [-0.05, 0) is 39.7 Å². The van der Waals surface area contributed by atoms with Crippen molar-refractivity contribution in [1.29, 1.82) is 0 Å². The number of carbonyl (C=O) groups is 1. The van der Waals surface area contributed by atoms with Crippen LogP contribution in [0.2, 0.25) is 0 Å². The van der Waals surface area contributed by atoms with Crippen molar-refractivity contribution in [3.8, 4) is 0 Å². The minimum absolute atomic E-state index is 0.00864. The Balaban J connectivity index is 0.000000816. The summed E-state index contributed by atoms with van der Waals surface area (Å²) in [6, 6.07) is 9.51. The SMILES string of the molecule is C=CC.CC1CC(c2ccccc2)N1C(=O)C(C)(C)C(C)(F)F. The number of nitrogens with zero attached hydrogens (tertiary/aromatic N) is 1. The third-order valence-electron chi connectivity index (χ3n) is 4.43. The Kier molecular flexibility index (Phi) is 6.09. The molecule has 0 radical (unpaired) electrons. The van der Waals surface area contributed by atoms with Crippen LogP contribution >= 0.6 is 0 Å². The summed E-state index contributed by atoms with van der Waals surface area (Å²) in [5, 5.41) is 0. The minimum atomic E-state index is -3.04. The van der Waals surface area contributed by atoms with E-state index in [1.165, 1.54) is 13.8 Å². The first-order chi connectivity index (χ1) is 10.6. The molecule has 2 nitrogen and oxygen atoms in total. The van der Waals surface area contributed by atoms with Crippen molar-refractivity contribution in [2.75, 3.05) is 0 Å². The fourth-order valence-electron chi connectivity index (χ4n) is 2.54. The molecule has 1 fully saturated rings. The number of benzene rings is 1. The maximum atomic E-state index is 13.7. The smallest absolute Gasteiger partial charge is 0.259 e. The zero-order valence-electron chi connectivity index (χ0n) is 14.6. The first-order valence-corrected chi connectivity index (χ1v) is 7.90. The average Bonchev–Trinajstić information content (AvgIpc) is 2.45. The highest BCUT2D eigenvalue weighted by molar-refractivity contribution is 5.84. The van der Waals surface area contributed by atoms with Crippen LogP contribution in [-0.2, 0) is 4.79 Å². The summed E-state index contributed by atoms with van der Waals surface area (Å²) in [6.45, 7) is 10.6. The van der Waals surface area contributed by atoms with Crippen LogP contribution in [0.4, 0.5) is 8.78 Å². The van der Waals surface area contributed by atoms with Crippen molar-refractivity contribution in [2.24, 2.45) is 5.41 Å². The molecule has 1 aliphatic rings. The molecule has 2 unspecified atom stereocenters. The molecule has 1 aromatic rings. The lowest BCUT2D eigenvalue weighted by molar-refractivity contribution is -0.175. The van der Waals surface area contributed by atoms with E-state index in [1.54, 1.807) is 11.0 Å². The standard InChI is InChI=1S/C16H21F2NO.C3H6/c1-11-10-13(12-8-6-5-7-9-12)19(11)14(20)15(2,3)16(4,17)18;1-3-2/h5-9,11,13H,10H2,1-4H3;3H,1H2,2H3. The lowest BCUT2D eigenvalue weighted by atomic mass is 9.79. The Bertz CT molecular complexity index is 534. The van der Waals surface area contributed by atoms with E-state index in [-0.39, 0.29) is 12.1 Å². The molecule has 4 heteroatoms. The normalized spacial score (nSPS) is 20.9. The zero-order chi connectivity index (χ0) is 17.8. The van der Waals surface area contributed by atoms with Gasteiger partial charge in [-0.25, -0.2) is 8.78 Å². The number of carbonyl (C=O) groups excluding carboxylic acids is 1. The van der Waals surface area contributed by atoms with Gasteiger partial charge in [0.05, 0.1) is 6.04 Å². The lowest BCUT2D eigenvalue weighted by Gasteiger charge is -2.51. The molecule has 1 aliphatic heterocycles. The van der Waals surface area contributed by atoms with Gasteiger partial charge in [-0.1, -0.05) is 36.4 Å². The van der Waals surface area contributed by atoms with E-state index in [0.29, 0.717) is 0 Å². The molecule has 1 aromatic carbocycles. The Hall–Kier alpha value is -1.71. The molecular weight excluding hydrogens is 296 g/mol. The van der Waals surface area contributed by atoms with Crippen LogP contribution in [0, 0.1) is 5.41 Å². The highest BCUT2D eigenvalue weighted by Crippen LogP contribution is 2.45. The predicted octanol–water partition coefficient (Wildman–Crippen LogP) is 5.22. The van der Waals surface area contributed by atoms with Crippen LogP contribution in [-0.4, -0.2) is 22.8 Å². The first kappa shape index (κ1) is 19.3. The molecule has 0 saturated carbocycles. The lowest BCUT2D eigenvalue weighted by Crippen LogP contribution is -2.58. The Morgan fingerprint density at radius 1 is 1.26 bits per heavy atom. The van der Waals surface area contributed by atoms with Crippen LogP contribution in [0.15, 0.2) is 43.0 Å². The van der Waals surface area contributed by atoms with Gasteiger partial charge < -0.3 is 4.90 Å². The van der Waals surface area contributed by atoms with Gasteiger partial charge in [0.2, 0.25) is 5.91 Å². The van der Waals surface area contributed by atoms with Crippen molar-refractivity contribution in [1.82, 2.24) is 4.90 Å². The largest absolute Gasteiger partial charge is 0.332 e. The fraction of sp³-hybridized carbons (Fsp3) is 0.526. The Labute approximate surface area is 138 Å². The third-order valence-corrected chi connectivity index (χ3v) is 4.43. The maximum Gasteiger partial charge on any atom is 0.259 e. The van der Waals surface area contributed by atoms with Crippen LogP contribution in [0.25, 0.3) is 0 Å². The molecule has 0 bridgehead atoms. The fourth-order valence-corrected chi connectivity index (χ4v) is 2.54. The van der Waals surface area contributed by atoms with Crippen molar-refractivity contribution in [3.05, 3.63) is 48.6 Å². The van der Waals surface area contributed by atoms with Gasteiger partial charge in [-0.15, -0.1) is 6.58 Å².